The van der Waals surface area contributed by atoms with Crippen molar-refractivity contribution in [3.05, 3.63) is 84.4 Å². The van der Waals surface area contributed by atoms with E-state index in [2.05, 4.69) is 16.0 Å². The maximum atomic E-state index is 12.8. The summed E-state index contributed by atoms with van der Waals surface area (Å²) in [7, 11) is 1.73. The summed E-state index contributed by atoms with van der Waals surface area (Å²) < 4.78 is 0. The fourth-order valence-corrected chi connectivity index (χ4v) is 3.07. The molecule has 0 spiro atoms. The molecule has 0 saturated heterocycles. The lowest BCUT2D eigenvalue weighted by Gasteiger charge is -2.18. The lowest BCUT2D eigenvalue weighted by molar-refractivity contribution is -0.119. The van der Waals surface area contributed by atoms with Crippen LogP contribution in [0.25, 0.3) is 0 Å². The van der Waals surface area contributed by atoms with Gasteiger partial charge >= 0.3 is 0 Å². The highest BCUT2D eigenvalue weighted by Crippen LogP contribution is 2.18. The fraction of sp³-hybridized carbons (Fsp3) is 0.192. The molecule has 0 saturated carbocycles. The molecule has 7 heteroatoms. The first kappa shape index (κ1) is 23.5. The van der Waals surface area contributed by atoms with Gasteiger partial charge in [0.25, 0.3) is 5.91 Å². The number of benzene rings is 3. The predicted octanol–water partition coefficient (Wildman–Crippen LogP) is 4.61. The molecule has 3 aromatic rings. The van der Waals surface area contributed by atoms with Crippen molar-refractivity contribution in [3.63, 3.8) is 0 Å². The minimum atomic E-state index is -0.250. The van der Waals surface area contributed by atoms with Gasteiger partial charge in [0.1, 0.15) is 0 Å². The molecule has 0 aromatic heterocycles. The monoisotopic (exact) mass is 444 g/mol. The van der Waals surface area contributed by atoms with Crippen molar-refractivity contribution >= 4 is 40.5 Å². The average Bonchev–Trinajstić information content (AvgIpc) is 2.82. The van der Waals surface area contributed by atoms with E-state index >= 15 is 0 Å². The molecule has 0 aliphatic carbocycles. The number of rotatable bonds is 8. The molecule has 3 amide bonds. The van der Waals surface area contributed by atoms with Gasteiger partial charge in [-0.05, 0) is 48.5 Å². The van der Waals surface area contributed by atoms with Crippen LogP contribution in [0.4, 0.5) is 22.7 Å². The number of nitrogens with one attached hydrogen (secondary N) is 3. The second-order valence-electron chi connectivity index (χ2n) is 7.91. The molecule has 0 heterocycles. The molecule has 0 aliphatic heterocycles. The van der Waals surface area contributed by atoms with Crippen molar-refractivity contribution in [1.82, 2.24) is 0 Å². The van der Waals surface area contributed by atoms with Crippen molar-refractivity contribution in [2.75, 3.05) is 34.4 Å². The van der Waals surface area contributed by atoms with Crippen molar-refractivity contribution in [3.8, 4) is 0 Å². The van der Waals surface area contributed by atoms with Crippen LogP contribution in [0.3, 0.4) is 0 Å². The second-order valence-corrected chi connectivity index (χ2v) is 7.91. The number of carbonyl (C=O) groups excluding carboxylic acids is 3. The molecule has 170 valence electrons. The van der Waals surface area contributed by atoms with Crippen LogP contribution >= 0.6 is 0 Å². The molecule has 3 aromatic carbocycles. The highest BCUT2D eigenvalue weighted by Gasteiger charge is 2.14. The highest BCUT2D eigenvalue weighted by molar-refractivity contribution is 6.06. The van der Waals surface area contributed by atoms with Gasteiger partial charge in [-0.2, -0.15) is 0 Å². The first-order chi connectivity index (χ1) is 15.8. The Balaban J connectivity index is 1.58. The zero-order chi connectivity index (χ0) is 23.8. The third-order valence-electron chi connectivity index (χ3n) is 4.95. The van der Waals surface area contributed by atoms with Gasteiger partial charge in [-0.15, -0.1) is 0 Å². The SMILES string of the molecule is CC(C)C(=O)Nc1cccc(NC(=O)CNc2cccc(C(=O)N(C)c3ccccc3)c2)c1. The van der Waals surface area contributed by atoms with E-state index in [-0.39, 0.29) is 30.2 Å². The Labute approximate surface area is 193 Å². The van der Waals surface area contributed by atoms with Gasteiger partial charge in [-0.1, -0.05) is 44.2 Å². The van der Waals surface area contributed by atoms with Gasteiger partial charge in [0, 0.05) is 41.3 Å². The zero-order valence-electron chi connectivity index (χ0n) is 19.0. The minimum Gasteiger partial charge on any atom is -0.376 e. The first-order valence-electron chi connectivity index (χ1n) is 10.7. The molecule has 3 N–H and O–H groups in total. The lowest BCUT2D eigenvalue weighted by Crippen LogP contribution is -2.26. The van der Waals surface area contributed by atoms with Gasteiger partial charge < -0.3 is 20.9 Å². The number of amides is 3. The predicted molar refractivity (Wildman–Crippen MR) is 133 cm³/mol. The third-order valence-corrected chi connectivity index (χ3v) is 4.95. The molecule has 0 aliphatic rings. The van der Waals surface area contributed by atoms with Gasteiger partial charge in [-0.25, -0.2) is 0 Å². The molecule has 0 fully saturated rings. The summed E-state index contributed by atoms with van der Waals surface area (Å²) in [4.78, 5) is 38.7. The molecule has 0 unspecified atom stereocenters. The Morgan fingerprint density at radius 1 is 0.788 bits per heavy atom. The molecule has 0 radical (unpaired) electrons. The van der Waals surface area contributed by atoms with Gasteiger partial charge in [-0.3, -0.25) is 14.4 Å². The van der Waals surface area contributed by atoms with Crippen molar-refractivity contribution < 1.29 is 14.4 Å². The Morgan fingerprint density at radius 2 is 1.42 bits per heavy atom. The van der Waals surface area contributed by atoms with Crippen LogP contribution in [0.2, 0.25) is 0 Å². The first-order valence-corrected chi connectivity index (χ1v) is 10.7. The summed E-state index contributed by atoms with van der Waals surface area (Å²) in [5.41, 5.74) is 3.17. The molecule has 0 bridgehead atoms. The van der Waals surface area contributed by atoms with Gasteiger partial charge in [0.2, 0.25) is 11.8 Å². The second kappa shape index (κ2) is 10.9. The number of hydrogen-bond acceptors (Lipinski definition) is 4. The quantitative estimate of drug-likeness (QED) is 0.473. The van der Waals surface area contributed by atoms with E-state index in [0.29, 0.717) is 22.6 Å². The Kier molecular flexibility index (Phi) is 7.81. The van der Waals surface area contributed by atoms with Crippen LogP contribution in [-0.4, -0.2) is 31.3 Å². The molecule has 7 nitrogen and oxygen atoms in total. The van der Waals surface area contributed by atoms with E-state index in [1.165, 1.54) is 0 Å². The fourth-order valence-electron chi connectivity index (χ4n) is 3.07. The zero-order valence-corrected chi connectivity index (χ0v) is 19.0. The van der Waals surface area contributed by atoms with Crippen molar-refractivity contribution in [2.45, 2.75) is 13.8 Å². The molecular weight excluding hydrogens is 416 g/mol. The van der Waals surface area contributed by atoms with Crippen molar-refractivity contribution in [1.29, 1.82) is 0 Å². The highest BCUT2D eigenvalue weighted by atomic mass is 16.2. The summed E-state index contributed by atoms with van der Waals surface area (Å²) in [5.74, 6) is -0.620. The standard InChI is InChI=1S/C26H28N4O3/c1-18(2)25(32)29-22-12-8-11-21(16-22)28-24(31)17-27-20-10-7-9-19(15-20)26(33)30(3)23-13-5-4-6-14-23/h4-16,18,27H,17H2,1-3H3,(H,28,31)(H,29,32). The Morgan fingerprint density at radius 3 is 2.12 bits per heavy atom. The average molecular weight is 445 g/mol. The van der Waals surface area contributed by atoms with Gasteiger partial charge in [0.05, 0.1) is 6.54 Å². The summed E-state index contributed by atoms with van der Waals surface area (Å²) >= 11 is 0. The number of para-hydroxylation sites is 1. The van der Waals surface area contributed by atoms with Crippen LogP contribution in [-0.2, 0) is 9.59 Å². The number of carbonyl (C=O) groups is 3. The minimum absolute atomic E-state index is 0.0226. The van der Waals surface area contributed by atoms with Crippen LogP contribution in [0.15, 0.2) is 78.9 Å². The smallest absolute Gasteiger partial charge is 0.258 e. The lowest BCUT2D eigenvalue weighted by atomic mass is 10.1. The van der Waals surface area contributed by atoms with E-state index in [9.17, 15) is 14.4 Å². The van der Waals surface area contributed by atoms with E-state index in [1.54, 1.807) is 60.5 Å². The molecule has 0 atom stereocenters. The summed E-state index contributed by atoms with van der Waals surface area (Å²) in [6.45, 7) is 3.65. The van der Waals surface area contributed by atoms with E-state index in [1.807, 2.05) is 44.2 Å². The van der Waals surface area contributed by atoms with E-state index in [4.69, 9.17) is 0 Å². The van der Waals surface area contributed by atoms with Crippen LogP contribution in [0.1, 0.15) is 24.2 Å². The van der Waals surface area contributed by atoms with Crippen LogP contribution < -0.4 is 20.9 Å². The third kappa shape index (κ3) is 6.67. The molecule has 33 heavy (non-hydrogen) atoms. The van der Waals surface area contributed by atoms with E-state index < -0.39 is 0 Å². The summed E-state index contributed by atoms with van der Waals surface area (Å²) in [5, 5.41) is 8.66. The largest absolute Gasteiger partial charge is 0.376 e. The number of anilines is 4. The summed E-state index contributed by atoms with van der Waals surface area (Å²) in [6.07, 6.45) is 0. The topological polar surface area (TPSA) is 90.5 Å². The van der Waals surface area contributed by atoms with Crippen LogP contribution in [0, 0.1) is 5.92 Å². The van der Waals surface area contributed by atoms with E-state index in [0.717, 1.165) is 5.69 Å². The number of nitrogens with zero attached hydrogens (tertiary/aromatic N) is 1. The molecular formula is C26H28N4O3. The molecule has 3 rings (SSSR count). The van der Waals surface area contributed by atoms with Gasteiger partial charge in [0.15, 0.2) is 0 Å². The normalized spacial score (nSPS) is 10.4. The number of hydrogen-bond donors (Lipinski definition) is 3. The Hall–Kier alpha value is -4.13. The van der Waals surface area contributed by atoms with Crippen molar-refractivity contribution in [2.24, 2.45) is 5.92 Å². The summed E-state index contributed by atoms with van der Waals surface area (Å²) in [6, 6.07) is 23.4. The maximum Gasteiger partial charge on any atom is 0.258 e. The Bertz CT molecular complexity index is 1130. The van der Waals surface area contributed by atoms with Crippen LogP contribution in [0.5, 0.6) is 0 Å². The maximum absolute atomic E-state index is 12.8.